The first kappa shape index (κ1) is 24.0. The lowest BCUT2D eigenvalue weighted by Gasteiger charge is -2.43. The molecule has 3 atom stereocenters. The van der Waals surface area contributed by atoms with E-state index < -0.39 is 29.4 Å². The van der Waals surface area contributed by atoms with Crippen LogP contribution in [0.4, 0.5) is 0 Å². The van der Waals surface area contributed by atoms with Crippen LogP contribution in [0.15, 0.2) is 18.2 Å². The number of carbonyl (C=O) groups is 2. The second-order valence-electron chi connectivity index (χ2n) is 10.1. The van der Waals surface area contributed by atoms with E-state index in [4.69, 9.17) is 9.47 Å². The zero-order chi connectivity index (χ0) is 23.7. The lowest BCUT2D eigenvalue weighted by Crippen LogP contribution is -2.57. The highest BCUT2D eigenvalue weighted by Gasteiger charge is 2.44. The number of likely N-dealkylation sites (tertiary alicyclic amines) is 1. The van der Waals surface area contributed by atoms with Gasteiger partial charge in [0.05, 0.1) is 30.3 Å². The molecule has 2 heterocycles. The fraction of sp³-hybridized carbons (Fsp3) is 0.625. The maximum Gasteiger partial charge on any atom is 0.320 e. The molecule has 2 aliphatic heterocycles. The number of piperidine rings is 1. The fourth-order valence-corrected chi connectivity index (χ4v) is 4.29. The van der Waals surface area contributed by atoms with E-state index in [9.17, 15) is 20.0 Å². The first-order valence-electron chi connectivity index (χ1n) is 11.1. The molecule has 1 unspecified atom stereocenters. The molecule has 8 heteroatoms. The van der Waals surface area contributed by atoms with Gasteiger partial charge in [0.15, 0.2) is 0 Å². The number of carbonyl (C=O) groups excluding carboxylic acids is 2. The van der Waals surface area contributed by atoms with Crippen LogP contribution in [-0.2, 0) is 14.3 Å². The van der Waals surface area contributed by atoms with Gasteiger partial charge < -0.3 is 19.9 Å². The van der Waals surface area contributed by atoms with Crippen LogP contribution in [-0.4, -0.2) is 58.3 Å². The number of aliphatic hydroxyl groups is 1. The number of nitriles is 1. The molecular formula is C24H33N3O5. The molecular weight excluding hydrogens is 410 g/mol. The van der Waals surface area contributed by atoms with Gasteiger partial charge in [0, 0.05) is 5.56 Å². The average Bonchev–Trinajstić information content (AvgIpc) is 2.69. The van der Waals surface area contributed by atoms with Crippen molar-refractivity contribution >= 4 is 11.9 Å². The maximum atomic E-state index is 13.3. The summed E-state index contributed by atoms with van der Waals surface area (Å²) in [5, 5.41) is 23.3. The first-order valence-corrected chi connectivity index (χ1v) is 11.1. The van der Waals surface area contributed by atoms with Crippen LogP contribution in [0.1, 0.15) is 71.0 Å². The van der Waals surface area contributed by atoms with Crippen LogP contribution >= 0.6 is 0 Å². The molecule has 2 aliphatic rings. The number of benzene rings is 1. The Bertz CT molecular complexity index is 915. The lowest BCUT2D eigenvalue weighted by atomic mass is 9.85. The Kier molecular flexibility index (Phi) is 6.82. The second-order valence-corrected chi connectivity index (χ2v) is 10.1. The summed E-state index contributed by atoms with van der Waals surface area (Å²) >= 11 is 0. The molecule has 0 aliphatic carbocycles. The van der Waals surface area contributed by atoms with Crippen molar-refractivity contribution < 1.29 is 24.2 Å². The van der Waals surface area contributed by atoms with Crippen LogP contribution in [0.3, 0.4) is 0 Å². The summed E-state index contributed by atoms with van der Waals surface area (Å²) in [6.45, 7) is 9.60. The number of esters is 1. The molecule has 3 rings (SSSR count). The highest BCUT2D eigenvalue weighted by Crippen LogP contribution is 2.40. The molecule has 0 aromatic heterocycles. The summed E-state index contributed by atoms with van der Waals surface area (Å²) in [5.41, 5.74) is -0.534. The third-order valence-electron chi connectivity index (χ3n) is 5.84. The molecule has 0 radical (unpaired) electrons. The van der Waals surface area contributed by atoms with Crippen LogP contribution < -0.4 is 10.1 Å². The first-order chi connectivity index (χ1) is 14.9. The van der Waals surface area contributed by atoms with Gasteiger partial charge in [0.25, 0.3) is 0 Å². The van der Waals surface area contributed by atoms with Gasteiger partial charge in [-0.05, 0) is 72.2 Å². The summed E-state index contributed by atoms with van der Waals surface area (Å²) in [4.78, 5) is 27.6. The number of amides is 1. The number of hydrogen-bond acceptors (Lipinski definition) is 7. The van der Waals surface area contributed by atoms with Gasteiger partial charge in [-0.25, -0.2) is 0 Å². The Hall–Kier alpha value is -2.63. The minimum absolute atomic E-state index is 0.0341. The van der Waals surface area contributed by atoms with Gasteiger partial charge >= 0.3 is 5.97 Å². The van der Waals surface area contributed by atoms with Crippen molar-refractivity contribution in [3.05, 3.63) is 29.3 Å². The Morgan fingerprint density at radius 3 is 2.72 bits per heavy atom. The number of fused-ring (bicyclic) bond motifs is 1. The number of rotatable bonds is 4. The van der Waals surface area contributed by atoms with Gasteiger partial charge in [0.1, 0.15) is 23.1 Å². The Labute approximate surface area is 189 Å². The topological polar surface area (TPSA) is 112 Å². The summed E-state index contributed by atoms with van der Waals surface area (Å²) in [7, 11) is 0. The van der Waals surface area contributed by atoms with E-state index in [1.165, 1.54) is 0 Å². The molecule has 1 fully saturated rings. The number of aliphatic hydroxyl groups excluding tert-OH is 1. The second kappa shape index (κ2) is 9.08. The average molecular weight is 444 g/mol. The van der Waals surface area contributed by atoms with Gasteiger partial charge in [-0.2, -0.15) is 5.26 Å². The van der Waals surface area contributed by atoms with Crippen molar-refractivity contribution in [3.8, 4) is 11.8 Å². The van der Waals surface area contributed by atoms with E-state index in [1.807, 2.05) is 25.7 Å². The number of ether oxygens (including phenoxy) is 2. The minimum Gasteiger partial charge on any atom is -0.485 e. The zero-order valence-corrected chi connectivity index (χ0v) is 19.5. The van der Waals surface area contributed by atoms with Gasteiger partial charge in [-0.15, -0.1) is 0 Å². The van der Waals surface area contributed by atoms with Crippen molar-refractivity contribution in [2.45, 2.75) is 83.3 Å². The Balaban J connectivity index is 1.81. The molecule has 174 valence electrons. The maximum absolute atomic E-state index is 13.3. The third kappa shape index (κ3) is 5.40. The SMILES string of the molecule is CC(C)(C)OC(=O)CN1CCCCC1C(=O)N[C@@H]1c2cc(C#N)ccc2OC(C)(C)[C@H]1O. The zero-order valence-electron chi connectivity index (χ0n) is 19.5. The monoisotopic (exact) mass is 443 g/mol. The molecule has 0 saturated carbocycles. The summed E-state index contributed by atoms with van der Waals surface area (Å²) in [5.74, 6) is -0.101. The van der Waals surface area contributed by atoms with Crippen molar-refractivity contribution in [2.75, 3.05) is 13.1 Å². The normalized spacial score (nSPS) is 25.1. The molecule has 1 saturated heterocycles. The van der Waals surface area contributed by atoms with Crippen LogP contribution in [0.5, 0.6) is 5.75 Å². The molecule has 8 nitrogen and oxygen atoms in total. The quantitative estimate of drug-likeness (QED) is 0.688. The van der Waals surface area contributed by atoms with E-state index in [2.05, 4.69) is 11.4 Å². The van der Waals surface area contributed by atoms with Crippen molar-refractivity contribution in [3.63, 3.8) is 0 Å². The van der Waals surface area contributed by atoms with E-state index in [-0.39, 0.29) is 18.4 Å². The smallest absolute Gasteiger partial charge is 0.320 e. The molecule has 2 N–H and O–H groups in total. The number of nitrogens with zero attached hydrogens (tertiary/aromatic N) is 2. The Morgan fingerprint density at radius 1 is 1.34 bits per heavy atom. The molecule has 32 heavy (non-hydrogen) atoms. The van der Waals surface area contributed by atoms with Crippen molar-refractivity contribution in [1.82, 2.24) is 10.2 Å². The predicted molar refractivity (Wildman–Crippen MR) is 118 cm³/mol. The summed E-state index contributed by atoms with van der Waals surface area (Å²) < 4.78 is 11.4. The lowest BCUT2D eigenvalue weighted by molar-refractivity contribution is -0.157. The third-order valence-corrected chi connectivity index (χ3v) is 5.84. The van der Waals surface area contributed by atoms with E-state index in [0.717, 1.165) is 12.8 Å². The summed E-state index contributed by atoms with van der Waals surface area (Å²) in [6.07, 6.45) is 1.37. The minimum atomic E-state index is -1.02. The van der Waals surface area contributed by atoms with E-state index in [0.29, 0.717) is 29.8 Å². The van der Waals surface area contributed by atoms with Gasteiger partial charge in [0.2, 0.25) is 5.91 Å². The van der Waals surface area contributed by atoms with Crippen molar-refractivity contribution in [1.29, 1.82) is 5.26 Å². The van der Waals surface area contributed by atoms with Crippen LogP contribution in [0, 0.1) is 11.3 Å². The van der Waals surface area contributed by atoms with Gasteiger partial charge in [-0.3, -0.25) is 14.5 Å². The Morgan fingerprint density at radius 2 is 2.06 bits per heavy atom. The molecule has 1 aromatic rings. The summed E-state index contributed by atoms with van der Waals surface area (Å²) in [6, 6.07) is 5.82. The van der Waals surface area contributed by atoms with Crippen molar-refractivity contribution in [2.24, 2.45) is 0 Å². The van der Waals surface area contributed by atoms with E-state index in [1.54, 1.807) is 32.0 Å². The molecule has 0 spiro atoms. The standard InChI is InChI=1S/C24H33N3O5/c1-23(2,3)32-19(28)14-27-11-7-6-8-17(27)22(30)26-20-16-12-15(13-25)9-10-18(16)31-24(4,5)21(20)29/h9-10,12,17,20-21,29H,6-8,11,14H2,1-5H3,(H,26,30)/t17?,20-,21+/m1/s1. The molecule has 0 bridgehead atoms. The van der Waals surface area contributed by atoms with Crippen LogP contribution in [0.25, 0.3) is 0 Å². The van der Waals surface area contributed by atoms with Gasteiger partial charge in [-0.1, -0.05) is 6.42 Å². The molecule has 1 amide bonds. The fourth-order valence-electron chi connectivity index (χ4n) is 4.29. The molecule has 1 aromatic carbocycles. The highest BCUT2D eigenvalue weighted by atomic mass is 16.6. The van der Waals surface area contributed by atoms with Crippen LogP contribution in [0.2, 0.25) is 0 Å². The highest BCUT2D eigenvalue weighted by molar-refractivity contribution is 5.83. The number of nitrogens with one attached hydrogen (secondary N) is 1. The number of hydrogen-bond donors (Lipinski definition) is 2. The van der Waals surface area contributed by atoms with E-state index >= 15 is 0 Å². The largest absolute Gasteiger partial charge is 0.485 e. The predicted octanol–water partition coefficient (Wildman–Crippen LogP) is 2.44.